The summed E-state index contributed by atoms with van der Waals surface area (Å²) in [4.78, 5) is 23.8. The fourth-order valence-corrected chi connectivity index (χ4v) is 1.68. The molecule has 0 saturated heterocycles. The van der Waals surface area contributed by atoms with Crippen molar-refractivity contribution in [3.05, 3.63) is 47.2 Å². The van der Waals surface area contributed by atoms with Crippen molar-refractivity contribution in [1.82, 2.24) is 5.16 Å². The van der Waals surface area contributed by atoms with Crippen LogP contribution >= 0.6 is 0 Å². The maximum absolute atomic E-state index is 11.9. The first-order valence-electron chi connectivity index (χ1n) is 6.64. The number of carbonyl (C=O) groups is 2. The lowest BCUT2D eigenvalue weighted by Gasteiger charge is -2.12. The molecule has 0 saturated carbocycles. The predicted octanol–water partition coefficient (Wildman–Crippen LogP) is 1.66. The molecule has 0 unspecified atom stereocenters. The second-order valence-corrected chi connectivity index (χ2v) is 4.71. The summed E-state index contributed by atoms with van der Waals surface area (Å²) < 4.78 is 9.90. The van der Waals surface area contributed by atoms with Crippen LogP contribution < -0.4 is 5.32 Å². The molecule has 1 aromatic carbocycles. The Morgan fingerprint density at radius 1 is 1.36 bits per heavy atom. The van der Waals surface area contributed by atoms with Gasteiger partial charge in [0, 0.05) is 6.07 Å². The van der Waals surface area contributed by atoms with E-state index in [2.05, 4.69) is 10.5 Å². The van der Waals surface area contributed by atoms with E-state index in [0.717, 1.165) is 0 Å². The van der Waals surface area contributed by atoms with Crippen molar-refractivity contribution in [3.63, 3.8) is 0 Å². The summed E-state index contributed by atoms with van der Waals surface area (Å²) in [6, 6.07) is 7.83. The summed E-state index contributed by atoms with van der Waals surface area (Å²) in [6.07, 6.45) is -0.984. The van der Waals surface area contributed by atoms with Crippen LogP contribution in [0.1, 0.15) is 28.6 Å². The van der Waals surface area contributed by atoms with Gasteiger partial charge in [-0.25, -0.2) is 4.79 Å². The minimum absolute atomic E-state index is 0.106. The molecule has 0 fully saturated rings. The predicted molar refractivity (Wildman–Crippen MR) is 77.1 cm³/mol. The number of benzene rings is 1. The summed E-state index contributed by atoms with van der Waals surface area (Å²) in [5.74, 6) is -0.307. The number of aliphatic hydroxyl groups excluding tert-OH is 1. The molecule has 2 N–H and O–H groups in total. The van der Waals surface area contributed by atoms with Crippen LogP contribution in [-0.2, 0) is 16.1 Å². The van der Waals surface area contributed by atoms with Gasteiger partial charge in [0.1, 0.15) is 5.76 Å². The number of carbonyl (C=O) groups excluding carboxylic acids is 2. The van der Waals surface area contributed by atoms with Crippen molar-refractivity contribution in [1.29, 1.82) is 0 Å². The zero-order valence-corrected chi connectivity index (χ0v) is 12.2. The number of aryl methyl sites for hydroxylation is 1. The monoisotopic (exact) mass is 304 g/mol. The van der Waals surface area contributed by atoms with Crippen molar-refractivity contribution in [2.75, 3.05) is 5.32 Å². The number of amides is 1. The maximum atomic E-state index is 11.9. The Labute approximate surface area is 126 Å². The molecule has 0 spiro atoms. The molecule has 1 amide bonds. The van der Waals surface area contributed by atoms with Crippen molar-refractivity contribution < 1.29 is 24.0 Å². The van der Waals surface area contributed by atoms with Gasteiger partial charge in [0.15, 0.2) is 11.9 Å². The zero-order valence-electron chi connectivity index (χ0n) is 12.2. The highest BCUT2D eigenvalue weighted by atomic mass is 16.5. The maximum Gasteiger partial charge on any atom is 0.338 e. The van der Waals surface area contributed by atoms with Crippen LogP contribution in [0.4, 0.5) is 5.82 Å². The van der Waals surface area contributed by atoms with Gasteiger partial charge in [0.25, 0.3) is 5.91 Å². The average Bonchev–Trinajstić information content (AvgIpc) is 2.92. The normalized spacial score (nSPS) is 11.8. The van der Waals surface area contributed by atoms with Crippen molar-refractivity contribution in [3.8, 4) is 0 Å². The molecule has 1 aromatic heterocycles. The van der Waals surface area contributed by atoms with Crippen LogP contribution in [0.15, 0.2) is 34.9 Å². The third-order valence-corrected chi connectivity index (χ3v) is 2.90. The smallest absolute Gasteiger partial charge is 0.338 e. The number of aliphatic hydroxyl groups is 1. The van der Waals surface area contributed by atoms with Gasteiger partial charge in [-0.1, -0.05) is 17.3 Å². The second-order valence-electron chi connectivity index (χ2n) is 4.71. The molecule has 7 heteroatoms. The molecule has 0 aliphatic rings. The first kappa shape index (κ1) is 15.7. The third kappa shape index (κ3) is 3.92. The second kappa shape index (κ2) is 6.86. The Balaban J connectivity index is 1.93. The summed E-state index contributed by atoms with van der Waals surface area (Å²) >= 11 is 0. The fraction of sp³-hybridized carbons (Fsp3) is 0.267. The Bertz CT molecular complexity index is 663. The van der Waals surface area contributed by atoms with Crippen LogP contribution in [0.3, 0.4) is 0 Å². The largest absolute Gasteiger partial charge is 0.449 e. The molecule has 116 valence electrons. The molecular weight excluding hydrogens is 288 g/mol. The molecule has 22 heavy (non-hydrogen) atoms. The third-order valence-electron chi connectivity index (χ3n) is 2.90. The van der Waals surface area contributed by atoms with Crippen LogP contribution in [-0.4, -0.2) is 28.2 Å². The van der Waals surface area contributed by atoms with Crippen molar-refractivity contribution in [2.24, 2.45) is 0 Å². The molecule has 2 rings (SSSR count). The number of nitrogens with one attached hydrogen (secondary N) is 1. The molecule has 0 radical (unpaired) electrons. The SMILES string of the molecule is Cc1cc(NC(=O)[C@H](C)OC(=O)c2ccc(CO)cc2)no1. The van der Waals surface area contributed by atoms with E-state index in [-0.39, 0.29) is 12.4 Å². The van der Waals surface area contributed by atoms with Gasteiger partial charge in [-0.15, -0.1) is 0 Å². The highest BCUT2D eigenvalue weighted by molar-refractivity contribution is 5.96. The topological polar surface area (TPSA) is 102 Å². The number of aromatic nitrogens is 1. The first-order valence-corrected chi connectivity index (χ1v) is 6.64. The number of hydrogen-bond acceptors (Lipinski definition) is 6. The molecular formula is C15H16N2O5. The Kier molecular flexibility index (Phi) is 4.90. The summed E-state index contributed by atoms with van der Waals surface area (Å²) in [7, 11) is 0. The summed E-state index contributed by atoms with van der Waals surface area (Å²) in [6.45, 7) is 3.05. The van der Waals surface area contributed by atoms with Gasteiger partial charge >= 0.3 is 5.97 Å². The van der Waals surface area contributed by atoms with Gasteiger partial charge in [-0.05, 0) is 31.5 Å². The Morgan fingerprint density at radius 3 is 2.59 bits per heavy atom. The van der Waals surface area contributed by atoms with Gasteiger partial charge in [0.05, 0.1) is 12.2 Å². The Hall–Kier alpha value is -2.67. The van der Waals surface area contributed by atoms with E-state index in [1.165, 1.54) is 19.1 Å². The number of anilines is 1. The van der Waals surface area contributed by atoms with E-state index < -0.39 is 18.0 Å². The van der Waals surface area contributed by atoms with Gasteiger partial charge in [-0.3, -0.25) is 4.79 Å². The molecule has 1 heterocycles. The number of rotatable bonds is 5. The molecule has 0 aliphatic carbocycles. The number of ether oxygens (including phenoxy) is 1. The lowest BCUT2D eigenvalue weighted by Crippen LogP contribution is -2.30. The lowest BCUT2D eigenvalue weighted by molar-refractivity contribution is -0.123. The van der Waals surface area contributed by atoms with Crippen molar-refractivity contribution >= 4 is 17.7 Å². The van der Waals surface area contributed by atoms with Gasteiger partial charge in [-0.2, -0.15) is 0 Å². The molecule has 0 bridgehead atoms. The van der Waals surface area contributed by atoms with E-state index in [9.17, 15) is 9.59 Å². The molecule has 1 atom stereocenters. The lowest BCUT2D eigenvalue weighted by atomic mass is 10.1. The van der Waals surface area contributed by atoms with Crippen molar-refractivity contribution in [2.45, 2.75) is 26.6 Å². The van der Waals surface area contributed by atoms with E-state index in [4.69, 9.17) is 14.4 Å². The van der Waals surface area contributed by atoms with Crippen LogP contribution in [0.25, 0.3) is 0 Å². The molecule has 7 nitrogen and oxygen atoms in total. The minimum atomic E-state index is -0.984. The van der Waals surface area contributed by atoms with Crippen LogP contribution in [0.5, 0.6) is 0 Å². The number of nitrogens with zero attached hydrogens (tertiary/aromatic N) is 1. The number of hydrogen-bond donors (Lipinski definition) is 2. The molecule has 2 aromatic rings. The van der Waals surface area contributed by atoms with E-state index >= 15 is 0 Å². The van der Waals surface area contributed by atoms with E-state index in [1.54, 1.807) is 25.1 Å². The summed E-state index contributed by atoms with van der Waals surface area (Å²) in [5.41, 5.74) is 0.984. The van der Waals surface area contributed by atoms with E-state index in [0.29, 0.717) is 16.9 Å². The highest BCUT2D eigenvalue weighted by Crippen LogP contribution is 2.10. The fourth-order valence-electron chi connectivity index (χ4n) is 1.68. The zero-order chi connectivity index (χ0) is 16.1. The Morgan fingerprint density at radius 2 is 2.05 bits per heavy atom. The van der Waals surface area contributed by atoms with Gasteiger partial charge in [0.2, 0.25) is 0 Å². The summed E-state index contributed by atoms with van der Waals surface area (Å²) in [5, 5.41) is 15.1. The molecule has 0 aliphatic heterocycles. The van der Waals surface area contributed by atoms with Crippen LogP contribution in [0.2, 0.25) is 0 Å². The first-order chi connectivity index (χ1) is 10.5. The average molecular weight is 304 g/mol. The van der Waals surface area contributed by atoms with Crippen LogP contribution in [0, 0.1) is 6.92 Å². The minimum Gasteiger partial charge on any atom is -0.449 e. The standard InChI is InChI=1S/C15H16N2O5/c1-9-7-13(17-22-9)16-14(19)10(2)21-15(20)12-5-3-11(8-18)4-6-12/h3-7,10,18H,8H2,1-2H3,(H,16,17,19)/t10-/m0/s1. The van der Waals surface area contributed by atoms with E-state index in [1.807, 2.05) is 0 Å². The quantitative estimate of drug-likeness (QED) is 0.815. The number of esters is 1. The highest BCUT2D eigenvalue weighted by Gasteiger charge is 2.20. The van der Waals surface area contributed by atoms with Gasteiger partial charge < -0.3 is 19.7 Å².